The molecule has 2 rings (SSSR count). The zero-order valence-electron chi connectivity index (χ0n) is 11.5. The van der Waals surface area contributed by atoms with Gasteiger partial charge in [-0.05, 0) is 38.7 Å². The molecule has 0 aromatic heterocycles. The number of nitrogens with zero attached hydrogens (tertiary/aromatic N) is 2. The fourth-order valence-electron chi connectivity index (χ4n) is 2.64. The first-order valence-electron chi connectivity index (χ1n) is 6.21. The molecule has 1 aliphatic rings. The van der Waals surface area contributed by atoms with Crippen LogP contribution in [0.15, 0.2) is 18.2 Å². The number of likely N-dealkylation sites (N-methyl/N-ethyl adjacent to an activating group) is 2. The lowest BCUT2D eigenvalue weighted by Gasteiger charge is -2.47. The number of ether oxygens (including phenoxy) is 1. The Kier molecular flexibility index (Phi) is 3.85. The molecule has 4 heteroatoms. The average molecular weight is 269 g/mol. The molecule has 3 nitrogen and oxygen atoms in total. The predicted molar refractivity (Wildman–Crippen MR) is 75.5 cm³/mol. The molecule has 1 atom stereocenters. The maximum Gasteiger partial charge on any atom is 0.120 e. The summed E-state index contributed by atoms with van der Waals surface area (Å²) >= 11 is 6.42. The molecule has 0 aliphatic carbocycles. The van der Waals surface area contributed by atoms with Gasteiger partial charge in [-0.25, -0.2) is 0 Å². The van der Waals surface area contributed by atoms with Gasteiger partial charge in [-0.2, -0.15) is 0 Å². The molecule has 18 heavy (non-hydrogen) atoms. The molecule has 1 unspecified atom stereocenters. The number of hydrogen-bond acceptors (Lipinski definition) is 3. The van der Waals surface area contributed by atoms with E-state index < -0.39 is 0 Å². The van der Waals surface area contributed by atoms with E-state index in [0.717, 1.165) is 30.4 Å². The summed E-state index contributed by atoms with van der Waals surface area (Å²) in [6.07, 6.45) is 0. The topological polar surface area (TPSA) is 15.7 Å². The molecule has 100 valence electrons. The van der Waals surface area contributed by atoms with Gasteiger partial charge in [0.15, 0.2) is 0 Å². The average Bonchev–Trinajstić information content (AvgIpc) is 2.34. The van der Waals surface area contributed by atoms with Crippen molar-refractivity contribution >= 4 is 11.6 Å². The highest BCUT2D eigenvalue weighted by Gasteiger charge is 2.37. The highest BCUT2D eigenvalue weighted by molar-refractivity contribution is 6.31. The van der Waals surface area contributed by atoms with Crippen LogP contribution in [0.4, 0.5) is 0 Å². The van der Waals surface area contributed by atoms with E-state index in [9.17, 15) is 0 Å². The smallest absolute Gasteiger partial charge is 0.120 e. The van der Waals surface area contributed by atoms with Gasteiger partial charge in [0.1, 0.15) is 5.75 Å². The van der Waals surface area contributed by atoms with E-state index in [0.29, 0.717) is 0 Å². The molecule has 0 radical (unpaired) electrons. The Balaban J connectivity index is 2.39. The summed E-state index contributed by atoms with van der Waals surface area (Å²) in [5.41, 5.74) is 1.12. The van der Waals surface area contributed by atoms with Crippen LogP contribution in [-0.4, -0.2) is 50.6 Å². The first-order chi connectivity index (χ1) is 8.47. The second-order valence-corrected chi connectivity index (χ2v) is 5.69. The lowest BCUT2D eigenvalue weighted by atomic mass is 9.88. The number of benzene rings is 1. The van der Waals surface area contributed by atoms with Gasteiger partial charge in [0.25, 0.3) is 0 Å². The largest absolute Gasteiger partial charge is 0.497 e. The Morgan fingerprint density at radius 3 is 2.61 bits per heavy atom. The van der Waals surface area contributed by atoms with Crippen molar-refractivity contribution in [2.45, 2.75) is 12.5 Å². The molecular formula is C14H21ClN2O. The van der Waals surface area contributed by atoms with Crippen LogP contribution in [0.1, 0.15) is 12.5 Å². The van der Waals surface area contributed by atoms with E-state index in [1.807, 2.05) is 12.1 Å². The molecular weight excluding hydrogens is 248 g/mol. The highest BCUT2D eigenvalue weighted by Crippen LogP contribution is 2.36. The molecule has 0 spiro atoms. The Bertz CT molecular complexity index is 438. The lowest BCUT2D eigenvalue weighted by molar-refractivity contribution is 0.0380. The Morgan fingerprint density at radius 1 is 1.28 bits per heavy atom. The second-order valence-electron chi connectivity index (χ2n) is 5.28. The van der Waals surface area contributed by atoms with Gasteiger partial charge >= 0.3 is 0 Å². The summed E-state index contributed by atoms with van der Waals surface area (Å²) in [5, 5.41) is 0.777. The van der Waals surface area contributed by atoms with Crippen LogP contribution >= 0.6 is 11.6 Å². The van der Waals surface area contributed by atoms with Crippen molar-refractivity contribution in [3.8, 4) is 5.75 Å². The van der Waals surface area contributed by atoms with E-state index in [-0.39, 0.29) is 5.54 Å². The first kappa shape index (κ1) is 13.7. The zero-order valence-corrected chi connectivity index (χ0v) is 12.3. The third kappa shape index (κ3) is 2.35. The van der Waals surface area contributed by atoms with E-state index in [1.54, 1.807) is 7.11 Å². The van der Waals surface area contributed by atoms with Crippen molar-refractivity contribution in [3.63, 3.8) is 0 Å². The molecule has 1 heterocycles. The Labute approximate surface area is 114 Å². The minimum absolute atomic E-state index is 0.0453. The summed E-state index contributed by atoms with van der Waals surface area (Å²) in [4.78, 5) is 4.72. The lowest BCUT2D eigenvalue weighted by Crippen LogP contribution is -2.56. The summed E-state index contributed by atoms with van der Waals surface area (Å²) in [5.74, 6) is 0.805. The van der Waals surface area contributed by atoms with Crippen molar-refractivity contribution in [2.75, 3.05) is 40.8 Å². The van der Waals surface area contributed by atoms with Gasteiger partial charge in [-0.1, -0.05) is 17.7 Å². The summed E-state index contributed by atoms with van der Waals surface area (Å²) in [7, 11) is 5.98. The van der Waals surface area contributed by atoms with Crippen LogP contribution < -0.4 is 4.74 Å². The predicted octanol–water partition coefficient (Wildman–Crippen LogP) is 2.44. The maximum absolute atomic E-state index is 6.42. The molecule has 0 N–H and O–H groups in total. The van der Waals surface area contributed by atoms with E-state index >= 15 is 0 Å². The quantitative estimate of drug-likeness (QED) is 0.819. The Hall–Kier alpha value is -0.770. The van der Waals surface area contributed by atoms with Gasteiger partial charge in [0.2, 0.25) is 0 Å². The molecule has 1 fully saturated rings. The standard InChI is InChI=1S/C14H21ClN2O/c1-14(10-16(2)7-8-17(14)3)12-6-5-11(18-4)9-13(12)15/h5-6,9H,7-8,10H2,1-4H3. The maximum atomic E-state index is 6.42. The van der Waals surface area contributed by atoms with Crippen molar-refractivity contribution < 1.29 is 4.74 Å². The second kappa shape index (κ2) is 5.08. The SMILES string of the molecule is COc1ccc(C2(C)CN(C)CCN2C)c(Cl)c1. The summed E-state index contributed by atoms with van der Waals surface area (Å²) < 4.78 is 5.21. The van der Waals surface area contributed by atoms with E-state index in [2.05, 4.69) is 36.9 Å². The van der Waals surface area contributed by atoms with Crippen LogP contribution in [0.5, 0.6) is 5.75 Å². The number of rotatable bonds is 2. The van der Waals surface area contributed by atoms with Crippen LogP contribution in [0.2, 0.25) is 5.02 Å². The van der Waals surface area contributed by atoms with Crippen molar-refractivity contribution in [1.82, 2.24) is 9.80 Å². The number of piperazine rings is 1. The van der Waals surface area contributed by atoms with Crippen molar-refractivity contribution in [2.24, 2.45) is 0 Å². The molecule has 0 bridgehead atoms. The van der Waals surface area contributed by atoms with Gasteiger partial charge < -0.3 is 9.64 Å². The fraction of sp³-hybridized carbons (Fsp3) is 0.571. The monoisotopic (exact) mass is 268 g/mol. The summed E-state index contributed by atoms with van der Waals surface area (Å²) in [6.45, 7) is 5.38. The fourth-order valence-corrected chi connectivity index (χ4v) is 3.02. The highest BCUT2D eigenvalue weighted by atomic mass is 35.5. The molecule has 1 aromatic rings. The number of halogens is 1. The molecule has 1 aliphatic heterocycles. The Morgan fingerprint density at radius 2 is 2.00 bits per heavy atom. The molecule has 1 aromatic carbocycles. The minimum atomic E-state index is -0.0453. The number of hydrogen-bond donors (Lipinski definition) is 0. The zero-order chi connectivity index (χ0) is 13.3. The van der Waals surface area contributed by atoms with Gasteiger partial charge in [-0.15, -0.1) is 0 Å². The normalized spacial score (nSPS) is 26.3. The van der Waals surface area contributed by atoms with E-state index in [1.165, 1.54) is 5.56 Å². The third-order valence-corrected chi connectivity index (χ3v) is 4.31. The van der Waals surface area contributed by atoms with Crippen molar-refractivity contribution in [3.05, 3.63) is 28.8 Å². The first-order valence-corrected chi connectivity index (χ1v) is 6.59. The van der Waals surface area contributed by atoms with Crippen LogP contribution in [0.3, 0.4) is 0 Å². The molecule has 0 saturated carbocycles. The molecule has 1 saturated heterocycles. The van der Waals surface area contributed by atoms with Crippen LogP contribution in [-0.2, 0) is 5.54 Å². The van der Waals surface area contributed by atoms with Gasteiger partial charge in [-0.3, -0.25) is 4.90 Å². The number of methoxy groups -OCH3 is 1. The summed E-state index contributed by atoms with van der Waals surface area (Å²) in [6, 6.07) is 5.95. The minimum Gasteiger partial charge on any atom is -0.497 e. The van der Waals surface area contributed by atoms with Gasteiger partial charge in [0, 0.05) is 24.7 Å². The molecule has 0 amide bonds. The van der Waals surface area contributed by atoms with Crippen LogP contribution in [0.25, 0.3) is 0 Å². The van der Waals surface area contributed by atoms with Crippen molar-refractivity contribution in [1.29, 1.82) is 0 Å². The van der Waals surface area contributed by atoms with E-state index in [4.69, 9.17) is 16.3 Å². The van der Waals surface area contributed by atoms with Gasteiger partial charge in [0.05, 0.1) is 12.6 Å². The van der Waals surface area contributed by atoms with Crippen LogP contribution in [0, 0.1) is 0 Å². The third-order valence-electron chi connectivity index (χ3n) is 3.99.